The number of amides is 1. The first-order valence-electron chi connectivity index (χ1n) is 12.3. The highest BCUT2D eigenvalue weighted by molar-refractivity contribution is 7.99. The summed E-state index contributed by atoms with van der Waals surface area (Å²) in [5, 5.41) is 12.5. The SMILES string of the molecule is CCC(C)c1ccc(NC(=O)CSc2nnc(-c3ccc(C(C)(C)C)cc3)n2Cc2ccco2)cc1. The van der Waals surface area contributed by atoms with E-state index >= 15 is 0 Å². The average molecular weight is 503 g/mol. The molecule has 0 bridgehead atoms. The van der Waals surface area contributed by atoms with Crippen molar-refractivity contribution in [2.75, 3.05) is 11.1 Å². The van der Waals surface area contributed by atoms with Crippen LogP contribution in [0.4, 0.5) is 5.69 Å². The minimum Gasteiger partial charge on any atom is -0.467 e. The number of carbonyl (C=O) groups is 1. The Kier molecular flexibility index (Phi) is 7.99. The molecule has 2 aromatic carbocycles. The lowest BCUT2D eigenvalue weighted by molar-refractivity contribution is -0.113. The molecule has 1 N–H and O–H groups in total. The van der Waals surface area contributed by atoms with Crippen LogP contribution in [0.3, 0.4) is 0 Å². The molecular formula is C29H34N4O2S. The van der Waals surface area contributed by atoms with E-state index in [-0.39, 0.29) is 17.1 Å². The summed E-state index contributed by atoms with van der Waals surface area (Å²) in [5.74, 6) is 2.20. The van der Waals surface area contributed by atoms with Crippen LogP contribution in [0, 0.1) is 0 Å². The molecule has 6 nitrogen and oxygen atoms in total. The molecule has 0 saturated carbocycles. The maximum atomic E-state index is 12.7. The normalized spacial score (nSPS) is 12.5. The van der Waals surface area contributed by atoms with Crippen molar-refractivity contribution in [3.63, 3.8) is 0 Å². The zero-order valence-electron chi connectivity index (χ0n) is 21.6. The van der Waals surface area contributed by atoms with Gasteiger partial charge in [0.05, 0.1) is 18.6 Å². The molecule has 1 amide bonds. The van der Waals surface area contributed by atoms with Gasteiger partial charge < -0.3 is 9.73 Å². The van der Waals surface area contributed by atoms with E-state index in [2.05, 4.69) is 86.5 Å². The molecular weight excluding hydrogens is 468 g/mol. The standard InChI is InChI=1S/C29H34N4O2S/c1-6-20(2)21-11-15-24(16-12-21)30-26(34)19-36-28-32-31-27(33(28)18-25-8-7-17-35-25)22-9-13-23(14-10-22)29(3,4)5/h7-17,20H,6,18-19H2,1-5H3,(H,30,34). The smallest absolute Gasteiger partial charge is 0.234 e. The number of hydrogen-bond acceptors (Lipinski definition) is 5. The number of thioether (sulfide) groups is 1. The first-order valence-corrected chi connectivity index (χ1v) is 13.3. The molecule has 36 heavy (non-hydrogen) atoms. The number of carbonyl (C=O) groups excluding carboxylic acids is 1. The summed E-state index contributed by atoms with van der Waals surface area (Å²) < 4.78 is 7.59. The lowest BCUT2D eigenvalue weighted by Gasteiger charge is -2.19. The summed E-state index contributed by atoms with van der Waals surface area (Å²) in [7, 11) is 0. The fraction of sp³-hybridized carbons (Fsp3) is 0.345. The molecule has 7 heteroatoms. The first kappa shape index (κ1) is 25.8. The third kappa shape index (κ3) is 6.26. The van der Waals surface area contributed by atoms with Crippen molar-refractivity contribution in [2.24, 2.45) is 0 Å². The van der Waals surface area contributed by atoms with Crippen molar-refractivity contribution in [1.29, 1.82) is 0 Å². The summed E-state index contributed by atoms with van der Waals surface area (Å²) in [6.45, 7) is 11.5. The van der Waals surface area contributed by atoms with Crippen LogP contribution in [-0.4, -0.2) is 26.4 Å². The Labute approximate surface area is 217 Å². The van der Waals surface area contributed by atoms with Gasteiger partial charge >= 0.3 is 0 Å². The van der Waals surface area contributed by atoms with Gasteiger partial charge in [-0.2, -0.15) is 0 Å². The maximum Gasteiger partial charge on any atom is 0.234 e. The number of nitrogens with one attached hydrogen (secondary N) is 1. The molecule has 0 aliphatic heterocycles. The Morgan fingerprint density at radius 2 is 1.78 bits per heavy atom. The number of anilines is 1. The maximum absolute atomic E-state index is 12.7. The highest BCUT2D eigenvalue weighted by atomic mass is 32.2. The highest BCUT2D eigenvalue weighted by Crippen LogP contribution is 2.29. The number of hydrogen-bond donors (Lipinski definition) is 1. The lowest BCUT2D eigenvalue weighted by Crippen LogP contribution is -2.15. The zero-order valence-corrected chi connectivity index (χ0v) is 22.4. The van der Waals surface area contributed by atoms with Crippen molar-refractivity contribution in [1.82, 2.24) is 14.8 Å². The molecule has 0 fully saturated rings. The molecule has 188 valence electrons. The highest BCUT2D eigenvalue weighted by Gasteiger charge is 2.19. The van der Waals surface area contributed by atoms with Crippen molar-refractivity contribution in [2.45, 2.75) is 64.1 Å². The Morgan fingerprint density at radius 3 is 2.39 bits per heavy atom. The fourth-order valence-electron chi connectivity index (χ4n) is 3.89. The van der Waals surface area contributed by atoms with Crippen molar-refractivity contribution in [3.05, 3.63) is 83.8 Å². The molecule has 0 saturated heterocycles. The Morgan fingerprint density at radius 1 is 1.06 bits per heavy atom. The summed E-state index contributed by atoms with van der Waals surface area (Å²) >= 11 is 1.37. The van der Waals surface area contributed by atoms with Crippen LogP contribution in [-0.2, 0) is 16.8 Å². The van der Waals surface area contributed by atoms with E-state index < -0.39 is 0 Å². The van der Waals surface area contributed by atoms with Gasteiger partial charge in [-0.05, 0) is 53.1 Å². The fourth-order valence-corrected chi connectivity index (χ4v) is 4.62. The molecule has 4 aromatic rings. The minimum atomic E-state index is -0.0834. The largest absolute Gasteiger partial charge is 0.467 e. The van der Waals surface area contributed by atoms with E-state index in [1.165, 1.54) is 22.9 Å². The predicted molar refractivity (Wildman–Crippen MR) is 146 cm³/mol. The third-order valence-electron chi connectivity index (χ3n) is 6.33. The van der Waals surface area contributed by atoms with Crippen LogP contribution in [0.25, 0.3) is 11.4 Å². The van der Waals surface area contributed by atoms with Crippen LogP contribution in [0.1, 0.15) is 63.8 Å². The van der Waals surface area contributed by atoms with Gasteiger partial charge in [0.25, 0.3) is 0 Å². The third-order valence-corrected chi connectivity index (χ3v) is 7.29. The van der Waals surface area contributed by atoms with Crippen LogP contribution in [0.2, 0.25) is 0 Å². The summed E-state index contributed by atoms with van der Waals surface area (Å²) in [6, 6.07) is 20.3. The van der Waals surface area contributed by atoms with Crippen molar-refractivity contribution >= 4 is 23.4 Å². The molecule has 0 radical (unpaired) electrons. The van der Waals surface area contributed by atoms with Crippen molar-refractivity contribution < 1.29 is 9.21 Å². The molecule has 1 unspecified atom stereocenters. The van der Waals surface area contributed by atoms with Gasteiger partial charge in [-0.3, -0.25) is 9.36 Å². The second-order valence-corrected chi connectivity index (χ2v) is 11.0. The van der Waals surface area contributed by atoms with Gasteiger partial charge in [-0.15, -0.1) is 10.2 Å². The lowest BCUT2D eigenvalue weighted by atomic mass is 9.87. The van der Waals surface area contributed by atoms with Gasteiger partial charge in [0.1, 0.15) is 5.76 Å². The van der Waals surface area contributed by atoms with Crippen molar-refractivity contribution in [3.8, 4) is 11.4 Å². The topological polar surface area (TPSA) is 73.0 Å². The molecule has 4 rings (SSSR count). The quantitative estimate of drug-likeness (QED) is 0.247. The molecule has 2 heterocycles. The van der Waals surface area contributed by atoms with E-state index in [1.54, 1.807) is 6.26 Å². The van der Waals surface area contributed by atoms with E-state index in [0.717, 1.165) is 29.3 Å². The Balaban J connectivity index is 1.49. The van der Waals surface area contributed by atoms with Gasteiger partial charge in [-0.1, -0.05) is 82.8 Å². The Bertz CT molecular complexity index is 1270. The molecule has 1 atom stereocenters. The Hall–Kier alpha value is -3.32. The van der Waals surface area contributed by atoms with Gasteiger partial charge in [0, 0.05) is 11.3 Å². The number of furan rings is 1. The molecule has 0 aliphatic rings. The zero-order chi connectivity index (χ0) is 25.7. The van der Waals surface area contributed by atoms with Crippen LogP contribution >= 0.6 is 11.8 Å². The monoisotopic (exact) mass is 502 g/mol. The number of nitrogens with zero attached hydrogens (tertiary/aromatic N) is 3. The summed E-state index contributed by atoms with van der Waals surface area (Å²) in [4.78, 5) is 12.7. The van der Waals surface area contributed by atoms with Crippen LogP contribution in [0.5, 0.6) is 0 Å². The van der Waals surface area contributed by atoms with Crippen LogP contribution in [0.15, 0.2) is 76.5 Å². The number of rotatable bonds is 9. The first-order chi connectivity index (χ1) is 17.2. The van der Waals surface area contributed by atoms with Gasteiger partial charge in [0.2, 0.25) is 5.91 Å². The second kappa shape index (κ2) is 11.2. The molecule has 0 aliphatic carbocycles. The molecule has 0 spiro atoms. The summed E-state index contributed by atoms with van der Waals surface area (Å²) in [5.41, 5.74) is 4.37. The molecule has 2 aromatic heterocycles. The average Bonchev–Trinajstić information content (AvgIpc) is 3.53. The van der Waals surface area contributed by atoms with E-state index in [9.17, 15) is 4.79 Å². The second-order valence-electron chi connectivity index (χ2n) is 10.1. The van der Waals surface area contributed by atoms with E-state index in [4.69, 9.17) is 4.42 Å². The number of benzene rings is 2. The van der Waals surface area contributed by atoms with E-state index in [0.29, 0.717) is 17.6 Å². The van der Waals surface area contributed by atoms with Crippen LogP contribution < -0.4 is 5.32 Å². The minimum absolute atomic E-state index is 0.0727. The summed E-state index contributed by atoms with van der Waals surface area (Å²) in [6.07, 6.45) is 2.74. The van der Waals surface area contributed by atoms with E-state index in [1.807, 2.05) is 28.8 Å². The van der Waals surface area contributed by atoms with Gasteiger partial charge in [0.15, 0.2) is 11.0 Å². The predicted octanol–water partition coefficient (Wildman–Crippen LogP) is 7.13. The van der Waals surface area contributed by atoms with Gasteiger partial charge in [-0.25, -0.2) is 0 Å². The number of aromatic nitrogens is 3.